The first kappa shape index (κ1) is 20.3. The minimum absolute atomic E-state index is 0.0139. The molecule has 1 aliphatic heterocycles. The number of aryl methyl sites for hydroxylation is 1. The Balaban J connectivity index is 1.51. The summed E-state index contributed by atoms with van der Waals surface area (Å²) >= 11 is 0. The molecule has 1 atom stereocenters. The maximum Gasteiger partial charge on any atom is 0.241 e. The highest BCUT2D eigenvalue weighted by atomic mass is 19.1. The van der Waals surface area contributed by atoms with Crippen LogP contribution < -0.4 is 10.1 Å². The number of hydrogen-bond donors (Lipinski definition) is 1. The predicted octanol–water partition coefficient (Wildman–Crippen LogP) is 3.29. The Labute approximate surface area is 166 Å². The maximum atomic E-state index is 13.9. The van der Waals surface area contributed by atoms with Gasteiger partial charge in [0.05, 0.1) is 13.2 Å². The van der Waals surface area contributed by atoms with E-state index >= 15 is 0 Å². The normalized spacial score (nSPS) is 16.6. The highest BCUT2D eigenvalue weighted by Crippen LogP contribution is 2.20. The molecule has 1 N–H and O–H groups in total. The van der Waals surface area contributed by atoms with Crippen molar-refractivity contribution in [1.82, 2.24) is 9.80 Å². The van der Waals surface area contributed by atoms with Crippen LogP contribution >= 0.6 is 0 Å². The summed E-state index contributed by atoms with van der Waals surface area (Å²) in [4.78, 5) is 17.1. The molecule has 2 aromatic carbocycles. The van der Waals surface area contributed by atoms with Crippen molar-refractivity contribution in [2.75, 3.05) is 38.6 Å². The second-order valence-corrected chi connectivity index (χ2v) is 7.26. The fourth-order valence-electron chi connectivity index (χ4n) is 3.49. The van der Waals surface area contributed by atoms with Gasteiger partial charge in [-0.05, 0) is 43.2 Å². The molecule has 6 heteroatoms. The summed E-state index contributed by atoms with van der Waals surface area (Å²) in [5, 5.41) is 3.03. The number of carbonyl (C=O) groups excluding carboxylic acids is 1. The Hall–Kier alpha value is -2.44. The van der Waals surface area contributed by atoms with Gasteiger partial charge in [0, 0.05) is 38.4 Å². The fraction of sp³-hybridized carbons (Fsp3) is 0.409. The van der Waals surface area contributed by atoms with Gasteiger partial charge < -0.3 is 10.1 Å². The zero-order valence-corrected chi connectivity index (χ0v) is 16.7. The maximum absolute atomic E-state index is 13.9. The van der Waals surface area contributed by atoms with Crippen molar-refractivity contribution in [3.63, 3.8) is 0 Å². The number of hydrogen-bond acceptors (Lipinski definition) is 4. The molecule has 0 aromatic heterocycles. The van der Waals surface area contributed by atoms with Gasteiger partial charge in [-0.2, -0.15) is 0 Å². The molecule has 1 amide bonds. The minimum atomic E-state index is -0.333. The molecule has 3 rings (SSSR count). The largest absolute Gasteiger partial charge is 0.494 e. The third-order valence-corrected chi connectivity index (χ3v) is 5.36. The first-order chi connectivity index (χ1) is 13.5. The zero-order valence-electron chi connectivity index (χ0n) is 16.7. The van der Waals surface area contributed by atoms with Gasteiger partial charge in [-0.15, -0.1) is 0 Å². The standard InChI is InChI=1S/C22H28FN3O2/c1-16-6-4-5-7-20(16)24-22(27)17(2)26-12-10-25(11-13-26)15-18-8-9-21(28-3)19(23)14-18/h4-9,14,17H,10-13,15H2,1-3H3,(H,24,27)/t17-/m1/s1. The number of nitrogens with one attached hydrogen (secondary N) is 1. The highest BCUT2D eigenvalue weighted by Gasteiger charge is 2.26. The lowest BCUT2D eigenvalue weighted by molar-refractivity contribution is -0.121. The second kappa shape index (κ2) is 9.17. The summed E-state index contributed by atoms with van der Waals surface area (Å²) in [6.45, 7) is 7.93. The third-order valence-electron chi connectivity index (χ3n) is 5.36. The van der Waals surface area contributed by atoms with Crippen LogP contribution in [-0.4, -0.2) is 55.0 Å². The number of piperazine rings is 1. The number of nitrogens with zero attached hydrogens (tertiary/aromatic N) is 2. The van der Waals surface area contributed by atoms with Gasteiger partial charge in [0.1, 0.15) is 0 Å². The first-order valence-corrected chi connectivity index (χ1v) is 9.63. The van der Waals surface area contributed by atoms with E-state index in [2.05, 4.69) is 15.1 Å². The molecule has 0 saturated carbocycles. The number of halogens is 1. The van der Waals surface area contributed by atoms with Crippen LogP contribution in [0.15, 0.2) is 42.5 Å². The molecular formula is C22H28FN3O2. The van der Waals surface area contributed by atoms with E-state index in [1.54, 1.807) is 6.07 Å². The zero-order chi connectivity index (χ0) is 20.1. The lowest BCUT2D eigenvalue weighted by Gasteiger charge is -2.37. The molecule has 1 heterocycles. The molecule has 28 heavy (non-hydrogen) atoms. The van der Waals surface area contributed by atoms with Crippen molar-refractivity contribution in [1.29, 1.82) is 0 Å². The SMILES string of the molecule is COc1ccc(CN2CCN([C@H](C)C(=O)Nc3ccccc3C)CC2)cc1F. The van der Waals surface area contributed by atoms with Crippen molar-refractivity contribution >= 4 is 11.6 Å². The van der Waals surface area contributed by atoms with Gasteiger partial charge in [-0.25, -0.2) is 4.39 Å². The monoisotopic (exact) mass is 385 g/mol. The van der Waals surface area contributed by atoms with Crippen molar-refractivity contribution in [2.45, 2.75) is 26.4 Å². The lowest BCUT2D eigenvalue weighted by atomic mass is 10.1. The van der Waals surface area contributed by atoms with E-state index in [9.17, 15) is 9.18 Å². The fourth-order valence-corrected chi connectivity index (χ4v) is 3.49. The molecular weight excluding hydrogens is 357 g/mol. The van der Waals surface area contributed by atoms with Crippen molar-refractivity contribution in [3.05, 3.63) is 59.4 Å². The molecule has 150 valence electrons. The Bertz CT molecular complexity index is 819. The topological polar surface area (TPSA) is 44.8 Å². The number of anilines is 1. The molecule has 0 spiro atoms. The Kier molecular flexibility index (Phi) is 6.65. The molecule has 0 aliphatic carbocycles. The average molecular weight is 385 g/mol. The number of carbonyl (C=O) groups is 1. The van der Waals surface area contributed by atoms with Gasteiger partial charge in [-0.1, -0.05) is 24.3 Å². The van der Waals surface area contributed by atoms with Gasteiger partial charge in [0.2, 0.25) is 5.91 Å². The van der Waals surface area contributed by atoms with Gasteiger partial charge in [0.15, 0.2) is 11.6 Å². The van der Waals surface area contributed by atoms with Crippen molar-refractivity contribution in [3.8, 4) is 5.75 Å². The van der Waals surface area contributed by atoms with E-state index in [-0.39, 0.29) is 23.5 Å². The molecule has 0 bridgehead atoms. The Morgan fingerprint density at radius 1 is 1.18 bits per heavy atom. The number of ether oxygens (including phenoxy) is 1. The summed E-state index contributed by atoms with van der Waals surface area (Å²) in [6.07, 6.45) is 0. The summed E-state index contributed by atoms with van der Waals surface area (Å²) in [7, 11) is 1.47. The number of rotatable bonds is 6. The van der Waals surface area contributed by atoms with E-state index in [0.29, 0.717) is 6.54 Å². The number of methoxy groups -OCH3 is 1. The highest BCUT2D eigenvalue weighted by molar-refractivity contribution is 5.95. The van der Waals surface area contributed by atoms with Gasteiger partial charge in [0.25, 0.3) is 0 Å². The average Bonchev–Trinajstić information content (AvgIpc) is 2.70. The third kappa shape index (κ3) is 4.88. The number of para-hydroxylation sites is 1. The Morgan fingerprint density at radius 2 is 1.89 bits per heavy atom. The lowest BCUT2D eigenvalue weighted by Crippen LogP contribution is -2.52. The van der Waals surface area contributed by atoms with Crippen molar-refractivity contribution in [2.24, 2.45) is 0 Å². The molecule has 1 aliphatic rings. The number of amides is 1. The van der Waals surface area contributed by atoms with Crippen LogP contribution in [0.4, 0.5) is 10.1 Å². The molecule has 0 unspecified atom stereocenters. The van der Waals surface area contributed by atoms with Crippen LogP contribution in [0, 0.1) is 12.7 Å². The smallest absolute Gasteiger partial charge is 0.241 e. The van der Waals surface area contributed by atoms with Crippen molar-refractivity contribution < 1.29 is 13.9 Å². The predicted molar refractivity (Wildman–Crippen MR) is 109 cm³/mol. The van der Waals surface area contributed by atoms with Gasteiger partial charge in [-0.3, -0.25) is 14.6 Å². The summed E-state index contributed by atoms with van der Waals surface area (Å²) < 4.78 is 18.8. The van der Waals surface area contributed by atoms with E-state index in [4.69, 9.17) is 4.74 Å². The van der Waals surface area contributed by atoms with E-state index < -0.39 is 0 Å². The van der Waals surface area contributed by atoms with Crippen LogP contribution in [-0.2, 0) is 11.3 Å². The van der Waals surface area contributed by atoms with E-state index in [0.717, 1.165) is 43.0 Å². The van der Waals surface area contributed by atoms with E-state index in [1.165, 1.54) is 13.2 Å². The summed E-state index contributed by atoms with van der Waals surface area (Å²) in [6, 6.07) is 12.7. The quantitative estimate of drug-likeness (QED) is 0.829. The van der Waals surface area contributed by atoms with Crippen LogP contribution in [0.5, 0.6) is 5.75 Å². The first-order valence-electron chi connectivity index (χ1n) is 9.63. The van der Waals surface area contributed by atoms with Gasteiger partial charge >= 0.3 is 0 Å². The Morgan fingerprint density at radius 3 is 2.54 bits per heavy atom. The molecule has 5 nitrogen and oxygen atoms in total. The molecule has 1 fully saturated rings. The van der Waals surface area contributed by atoms with E-state index in [1.807, 2.05) is 44.2 Å². The molecule has 0 radical (unpaired) electrons. The minimum Gasteiger partial charge on any atom is -0.494 e. The second-order valence-electron chi connectivity index (χ2n) is 7.26. The van der Waals surface area contributed by atoms with Crippen LogP contribution in [0.3, 0.4) is 0 Å². The molecule has 2 aromatic rings. The summed E-state index contributed by atoms with van der Waals surface area (Å²) in [5.74, 6) is -0.0535. The number of benzene rings is 2. The van der Waals surface area contributed by atoms with Crippen LogP contribution in [0.25, 0.3) is 0 Å². The summed E-state index contributed by atoms with van der Waals surface area (Å²) in [5.41, 5.74) is 2.84. The van der Waals surface area contributed by atoms with Crippen LogP contribution in [0.2, 0.25) is 0 Å². The molecule has 1 saturated heterocycles. The van der Waals surface area contributed by atoms with Crippen LogP contribution in [0.1, 0.15) is 18.1 Å².